The molecule has 2 amide bonds. The number of amides is 2. The Morgan fingerprint density at radius 2 is 2.10 bits per heavy atom. The zero-order valence-corrected chi connectivity index (χ0v) is 17.4. The van der Waals surface area contributed by atoms with Gasteiger partial charge in [0, 0.05) is 31.4 Å². The Kier molecular flexibility index (Phi) is 6.90. The van der Waals surface area contributed by atoms with E-state index < -0.39 is 6.10 Å². The smallest absolute Gasteiger partial charge is 0.322 e. The third-order valence-corrected chi connectivity index (χ3v) is 5.43. The monoisotopic (exact) mass is 415 g/mol. The van der Waals surface area contributed by atoms with Crippen molar-refractivity contribution in [1.29, 1.82) is 0 Å². The Hall–Kier alpha value is -2.41. The minimum absolute atomic E-state index is 0.129. The second kappa shape index (κ2) is 9.39. The molecule has 0 spiro atoms. The van der Waals surface area contributed by atoms with Crippen molar-refractivity contribution in [3.8, 4) is 0 Å². The molecule has 1 aliphatic heterocycles. The molecule has 1 aliphatic rings. The third kappa shape index (κ3) is 5.35. The number of halogens is 1. The second-order valence-corrected chi connectivity index (χ2v) is 7.78. The number of aryl methyl sites for hydroxylation is 2. The number of benzene rings is 1. The van der Waals surface area contributed by atoms with Crippen molar-refractivity contribution in [2.24, 2.45) is 0 Å². The highest BCUT2D eigenvalue weighted by Crippen LogP contribution is 2.28. The van der Waals surface area contributed by atoms with Crippen LogP contribution in [0.2, 0.25) is 5.02 Å². The Balaban J connectivity index is 1.64. The first-order valence-corrected chi connectivity index (χ1v) is 10.0. The van der Waals surface area contributed by atoms with Crippen LogP contribution in [0.4, 0.5) is 10.5 Å². The van der Waals surface area contributed by atoms with E-state index in [1.165, 1.54) is 5.56 Å². The molecule has 3 N–H and O–H groups in total. The summed E-state index contributed by atoms with van der Waals surface area (Å²) in [7, 11) is 0. The highest BCUT2D eigenvalue weighted by Gasteiger charge is 2.20. The number of urea groups is 1. The van der Waals surface area contributed by atoms with Crippen LogP contribution in [0.1, 0.15) is 28.8 Å². The van der Waals surface area contributed by atoms with Gasteiger partial charge in [-0.3, -0.25) is 4.98 Å². The van der Waals surface area contributed by atoms with Crippen LogP contribution < -0.4 is 5.32 Å². The lowest BCUT2D eigenvalue weighted by atomic mass is 10.0. The molecule has 0 unspecified atom stereocenters. The molecule has 0 aliphatic carbocycles. The van der Waals surface area contributed by atoms with Crippen molar-refractivity contribution in [2.45, 2.75) is 32.8 Å². The van der Waals surface area contributed by atoms with E-state index in [4.69, 9.17) is 16.7 Å². The summed E-state index contributed by atoms with van der Waals surface area (Å²) in [4.78, 5) is 18.7. The van der Waals surface area contributed by atoms with Gasteiger partial charge >= 0.3 is 6.03 Å². The quantitative estimate of drug-likeness (QED) is 0.696. The first-order chi connectivity index (χ1) is 13.9. The van der Waals surface area contributed by atoms with Crippen molar-refractivity contribution in [3.63, 3.8) is 0 Å². The highest BCUT2D eigenvalue weighted by atomic mass is 35.5. The van der Waals surface area contributed by atoms with Crippen LogP contribution in [0, 0.1) is 13.8 Å². The molecule has 0 saturated heterocycles. The van der Waals surface area contributed by atoms with E-state index in [0.29, 0.717) is 36.6 Å². The lowest BCUT2D eigenvalue weighted by Gasteiger charge is -2.27. The molecule has 2 aromatic rings. The van der Waals surface area contributed by atoms with Gasteiger partial charge in [-0.1, -0.05) is 23.7 Å². The number of hydrogen-bond donors (Lipinski definition) is 3. The topological polar surface area (TPSA) is 85.7 Å². The van der Waals surface area contributed by atoms with Crippen LogP contribution in [-0.4, -0.2) is 51.9 Å². The molecule has 1 atom stereocenters. The van der Waals surface area contributed by atoms with Crippen molar-refractivity contribution >= 4 is 28.9 Å². The predicted molar refractivity (Wildman–Crippen MR) is 115 cm³/mol. The number of anilines is 1. The van der Waals surface area contributed by atoms with E-state index in [-0.39, 0.29) is 12.6 Å². The number of nitrogens with zero attached hydrogens (tertiary/aromatic N) is 2. The van der Waals surface area contributed by atoms with Crippen molar-refractivity contribution in [2.75, 3.05) is 25.0 Å². The summed E-state index contributed by atoms with van der Waals surface area (Å²) in [6.45, 7) is 4.82. The minimum atomic E-state index is -0.822. The van der Waals surface area contributed by atoms with Gasteiger partial charge in [-0.2, -0.15) is 0 Å². The number of nitrogens with one attached hydrogen (secondary N) is 1. The molecule has 6 nitrogen and oxygen atoms in total. The number of hydrogen-bond acceptors (Lipinski definition) is 4. The van der Waals surface area contributed by atoms with Crippen molar-refractivity contribution < 1.29 is 15.0 Å². The molecule has 7 heteroatoms. The molecule has 29 heavy (non-hydrogen) atoms. The average Bonchev–Trinajstić information content (AvgIpc) is 2.71. The molecule has 0 fully saturated rings. The summed E-state index contributed by atoms with van der Waals surface area (Å²) in [5.41, 5.74) is 5.58. The number of aliphatic hydroxyl groups is 2. The molecule has 0 radical (unpaired) electrons. The van der Waals surface area contributed by atoms with E-state index >= 15 is 0 Å². The van der Waals surface area contributed by atoms with E-state index in [0.717, 1.165) is 22.4 Å². The lowest BCUT2D eigenvalue weighted by molar-refractivity contribution is 0.0954. The fraction of sp³-hybridized carbons (Fsp3) is 0.364. The SMILES string of the molecule is Cc1ccc(NC(=O)N2CC=C(c3ncc(C[C@@H](O)CO)cc3Cl)CC2)cc1C. The zero-order chi connectivity index (χ0) is 21.0. The van der Waals surface area contributed by atoms with Gasteiger partial charge in [0.05, 0.1) is 23.4 Å². The lowest BCUT2D eigenvalue weighted by Crippen LogP contribution is -2.38. The first-order valence-electron chi connectivity index (χ1n) is 9.63. The molecule has 2 heterocycles. The van der Waals surface area contributed by atoms with Gasteiger partial charge in [0.2, 0.25) is 0 Å². The molecule has 0 bridgehead atoms. The molecule has 1 aromatic carbocycles. The van der Waals surface area contributed by atoms with Gasteiger partial charge in [-0.25, -0.2) is 4.79 Å². The van der Waals surface area contributed by atoms with E-state index in [9.17, 15) is 9.90 Å². The number of aromatic nitrogens is 1. The van der Waals surface area contributed by atoms with Gasteiger partial charge in [0.25, 0.3) is 0 Å². The van der Waals surface area contributed by atoms with Crippen molar-refractivity contribution in [3.05, 3.63) is 63.9 Å². The van der Waals surface area contributed by atoms with E-state index in [1.807, 2.05) is 38.1 Å². The largest absolute Gasteiger partial charge is 0.394 e. The molecule has 1 aromatic heterocycles. The second-order valence-electron chi connectivity index (χ2n) is 7.37. The maximum Gasteiger partial charge on any atom is 0.322 e. The van der Waals surface area contributed by atoms with Gasteiger partial charge in [-0.05, 0) is 60.7 Å². The van der Waals surface area contributed by atoms with Crippen LogP contribution >= 0.6 is 11.6 Å². The maximum atomic E-state index is 12.5. The normalized spacial score (nSPS) is 15.1. The number of aliphatic hydroxyl groups excluding tert-OH is 2. The predicted octanol–water partition coefficient (Wildman–Crippen LogP) is 3.57. The number of pyridine rings is 1. The number of carbonyl (C=O) groups excluding carboxylic acids is 1. The number of rotatable bonds is 5. The standard InChI is InChI=1S/C22H26ClN3O3/c1-14-3-4-18(9-15(14)2)25-22(29)26-7-5-17(6-8-26)21-20(23)11-16(12-24-21)10-19(28)13-27/h3-5,9,11-12,19,27-28H,6-8,10,13H2,1-2H3,(H,25,29)/t19-/m1/s1. The summed E-state index contributed by atoms with van der Waals surface area (Å²) in [6, 6.07) is 7.51. The molecule has 3 rings (SSSR count). The highest BCUT2D eigenvalue weighted by molar-refractivity contribution is 6.32. The Labute approximate surface area is 175 Å². The third-order valence-electron chi connectivity index (χ3n) is 5.14. The van der Waals surface area contributed by atoms with Gasteiger partial charge in [0.1, 0.15) is 0 Å². The Morgan fingerprint density at radius 3 is 2.72 bits per heavy atom. The average molecular weight is 416 g/mol. The molecular formula is C22H26ClN3O3. The Morgan fingerprint density at radius 1 is 1.31 bits per heavy atom. The summed E-state index contributed by atoms with van der Waals surface area (Å²) in [5.74, 6) is 0. The van der Waals surface area contributed by atoms with Crippen LogP contribution in [0.25, 0.3) is 5.57 Å². The van der Waals surface area contributed by atoms with Crippen LogP contribution in [-0.2, 0) is 6.42 Å². The summed E-state index contributed by atoms with van der Waals surface area (Å²) in [6.07, 6.45) is 3.78. The van der Waals surface area contributed by atoms with Crippen LogP contribution in [0.3, 0.4) is 0 Å². The first kappa shape index (κ1) is 21.3. The summed E-state index contributed by atoms with van der Waals surface area (Å²) >= 11 is 6.38. The van der Waals surface area contributed by atoms with Crippen molar-refractivity contribution in [1.82, 2.24) is 9.88 Å². The maximum absolute atomic E-state index is 12.5. The van der Waals surface area contributed by atoms with Gasteiger partial charge in [-0.15, -0.1) is 0 Å². The van der Waals surface area contributed by atoms with Gasteiger partial charge < -0.3 is 20.4 Å². The molecular weight excluding hydrogens is 390 g/mol. The zero-order valence-electron chi connectivity index (χ0n) is 16.7. The minimum Gasteiger partial charge on any atom is -0.394 e. The van der Waals surface area contributed by atoms with Crippen LogP contribution in [0.15, 0.2) is 36.5 Å². The van der Waals surface area contributed by atoms with E-state index in [2.05, 4.69) is 10.3 Å². The Bertz CT molecular complexity index is 930. The fourth-order valence-corrected chi connectivity index (χ4v) is 3.56. The van der Waals surface area contributed by atoms with Gasteiger partial charge in [0.15, 0.2) is 0 Å². The van der Waals surface area contributed by atoms with E-state index in [1.54, 1.807) is 17.2 Å². The molecule has 154 valence electrons. The molecule has 0 saturated carbocycles. The van der Waals surface area contributed by atoms with Crippen LogP contribution in [0.5, 0.6) is 0 Å². The fourth-order valence-electron chi connectivity index (χ4n) is 3.25. The summed E-state index contributed by atoms with van der Waals surface area (Å²) < 4.78 is 0. The summed E-state index contributed by atoms with van der Waals surface area (Å²) in [5, 5.41) is 22.0. The number of carbonyl (C=O) groups is 1.